The number of ether oxygens (including phenoxy) is 2. The molecule has 0 aliphatic carbocycles. The Morgan fingerprint density at radius 3 is 2.73 bits per heavy atom. The van der Waals surface area contributed by atoms with Crippen molar-refractivity contribution in [1.29, 1.82) is 0 Å². The molecule has 2 aromatic heterocycles. The Kier molecular flexibility index (Phi) is 5.75. The zero-order valence-corrected chi connectivity index (χ0v) is 16.3. The third-order valence-corrected chi connectivity index (χ3v) is 4.26. The molecule has 8 nitrogen and oxygen atoms in total. The summed E-state index contributed by atoms with van der Waals surface area (Å²) in [6.07, 6.45) is 1.57. The van der Waals surface area contributed by atoms with E-state index < -0.39 is 5.91 Å². The number of hydrogen-bond acceptors (Lipinski definition) is 6. The van der Waals surface area contributed by atoms with Gasteiger partial charge in [0.05, 0.1) is 13.7 Å². The van der Waals surface area contributed by atoms with E-state index in [1.807, 2.05) is 48.5 Å². The van der Waals surface area contributed by atoms with Crippen molar-refractivity contribution in [3.8, 4) is 11.5 Å². The molecule has 4 rings (SSSR count). The molecule has 0 radical (unpaired) electrons. The van der Waals surface area contributed by atoms with Crippen LogP contribution in [0.15, 0.2) is 77.5 Å². The predicted octanol–water partition coefficient (Wildman–Crippen LogP) is 3.76. The summed E-state index contributed by atoms with van der Waals surface area (Å²) in [5.74, 6) is 1.79. The lowest BCUT2D eigenvalue weighted by atomic mass is 10.2. The van der Waals surface area contributed by atoms with Gasteiger partial charge in [-0.2, -0.15) is 0 Å². The first-order valence-electron chi connectivity index (χ1n) is 9.30. The second kappa shape index (κ2) is 8.95. The van der Waals surface area contributed by atoms with Crippen LogP contribution in [0.3, 0.4) is 0 Å². The highest BCUT2D eigenvalue weighted by molar-refractivity contribution is 6.01. The maximum atomic E-state index is 12.4. The maximum Gasteiger partial charge on any atom is 0.293 e. The van der Waals surface area contributed by atoms with Crippen molar-refractivity contribution in [2.24, 2.45) is 0 Å². The highest BCUT2D eigenvalue weighted by Gasteiger charge is 2.14. The molecular formula is C22H20N4O4. The van der Waals surface area contributed by atoms with Crippen LogP contribution in [0.2, 0.25) is 0 Å². The van der Waals surface area contributed by atoms with E-state index in [0.717, 1.165) is 5.56 Å². The summed E-state index contributed by atoms with van der Waals surface area (Å²) >= 11 is 0. The number of furan rings is 1. The van der Waals surface area contributed by atoms with Crippen molar-refractivity contribution in [3.05, 3.63) is 90.1 Å². The van der Waals surface area contributed by atoms with Gasteiger partial charge in [0.1, 0.15) is 30.2 Å². The van der Waals surface area contributed by atoms with Gasteiger partial charge in [0.2, 0.25) is 5.95 Å². The molecule has 1 N–H and O–H groups in total. The molecule has 0 saturated heterocycles. The average molecular weight is 404 g/mol. The molecule has 0 atom stereocenters. The third kappa shape index (κ3) is 4.85. The Bertz CT molecular complexity index is 1120. The lowest BCUT2D eigenvalue weighted by Crippen LogP contribution is -2.12. The summed E-state index contributed by atoms with van der Waals surface area (Å²) in [4.78, 5) is 16.5. The van der Waals surface area contributed by atoms with Gasteiger partial charge < -0.3 is 13.9 Å². The average Bonchev–Trinajstić information content (AvgIpc) is 3.43. The molecule has 2 aromatic carbocycles. The quantitative estimate of drug-likeness (QED) is 0.481. The first kappa shape index (κ1) is 19.3. The van der Waals surface area contributed by atoms with Crippen LogP contribution >= 0.6 is 0 Å². The highest BCUT2D eigenvalue weighted by atomic mass is 16.5. The van der Waals surface area contributed by atoms with Gasteiger partial charge in [-0.05, 0) is 29.8 Å². The highest BCUT2D eigenvalue weighted by Crippen LogP contribution is 2.20. The van der Waals surface area contributed by atoms with Crippen LogP contribution in [0.1, 0.15) is 21.9 Å². The minimum atomic E-state index is -0.430. The number of aromatic nitrogens is 3. The summed E-state index contributed by atoms with van der Waals surface area (Å²) < 4.78 is 18.1. The molecule has 1 amide bonds. The zero-order valence-electron chi connectivity index (χ0n) is 16.3. The topological polar surface area (TPSA) is 91.4 Å². The van der Waals surface area contributed by atoms with Gasteiger partial charge in [-0.25, -0.2) is 9.67 Å². The van der Waals surface area contributed by atoms with Crippen LogP contribution in [-0.4, -0.2) is 27.8 Å². The SMILES string of the molecule is COc1cccc(OCc2ccc(C(=O)Nc3ncn(Cc4ccccc4)n3)o2)c1. The van der Waals surface area contributed by atoms with E-state index in [-0.39, 0.29) is 18.3 Å². The van der Waals surface area contributed by atoms with Crippen molar-refractivity contribution in [2.75, 3.05) is 12.4 Å². The lowest BCUT2D eigenvalue weighted by molar-refractivity contribution is 0.0991. The van der Waals surface area contributed by atoms with Crippen LogP contribution in [0.4, 0.5) is 5.95 Å². The summed E-state index contributed by atoms with van der Waals surface area (Å²) in [6, 6.07) is 20.4. The zero-order chi connectivity index (χ0) is 20.8. The van der Waals surface area contributed by atoms with Crippen LogP contribution in [0.25, 0.3) is 0 Å². The van der Waals surface area contributed by atoms with Crippen LogP contribution in [0.5, 0.6) is 11.5 Å². The molecular weight excluding hydrogens is 384 g/mol. The fourth-order valence-corrected chi connectivity index (χ4v) is 2.78. The van der Waals surface area contributed by atoms with E-state index >= 15 is 0 Å². The Hall–Kier alpha value is -4.07. The van der Waals surface area contributed by atoms with Gasteiger partial charge in [0.25, 0.3) is 5.91 Å². The van der Waals surface area contributed by atoms with Gasteiger partial charge in [0, 0.05) is 6.07 Å². The molecule has 0 bridgehead atoms. The number of methoxy groups -OCH3 is 1. The molecule has 0 saturated carbocycles. The lowest BCUT2D eigenvalue weighted by Gasteiger charge is -2.06. The van der Waals surface area contributed by atoms with Crippen molar-refractivity contribution in [1.82, 2.24) is 14.8 Å². The Morgan fingerprint density at radius 1 is 1.07 bits per heavy atom. The summed E-state index contributed by atoms with van der Waals surface area (Å²) in [5.41, 5.74) is 1.09. The number of rotatable bonds is 8. The van der Waals surface area contributed by atoms with Crippen LogP contribution in [-0.2, 0) is 13.2 Å². The van der Waals surface area contributed by atoms with E-state index in [0.29, 0.717) is 23.8 Å². The molecule has 30 heavy (non-hydrogen) atoms. The number of benzene rings is 2. The summed E-state index contributed by atoms with van der Waals surface area (Å²) in [6.45, 7) is 0.751. The van der Waals surface area contributed by atoms with E-state index in [2.05, 4.69) is 15.4 Å². The minimum Gasteiger partial charge on any atom is -0.497 e. The number of nitrogens with zero attached hydrogens (tertiary/aromatic N) is 3. The minimum absolute atomic E-state index is 0.152. The largest absolute Gasteiger partial charge is 0.497 e. The molecule has 8 heteroatoms. The van der Waals surface area contributed by atoms with Crippen molar-refractivity contribution in [2.45, 2.75) is 13.2 Å². The van der Waals surface area contributed by atoms with E-state index in [9.17, 15) is 4.79 Å². The monoisotopic (exact) mass is 404 g/mol. The normalized spacial score (nSPS) is 10.6. The third-order valence-electron chi connectivity index (χ3n) is 4.26. The first-order valence-corrected chi connectivity index (χ1v) is 9.30. The van der Waals surface area contributed by atoms with Crippen molar-refractivity contribution >= 4 is 11.9 Å². The fourth-order valence-electron chi connectivity index (χ4n) is 2.78. The van der Waals surface area contributed by atoms with Crippen molar-refractivity contribution < 1.29 is 18.7 Å². The van der Waals surface area contributed by atoms with E-state index in [1.54, 1.807) is 36.3 Å². The van der Waals surface area contributed by atoms with Gasteiger partial charge in [-0.3, -0.25) is 10.1 Å². The van der Waals surface area contributed by atoms with E-state index in [1.165, 1.54) is 0 Å². The molecule has 152 valence electrons. The Morgan fingerprint density at radius 2 is 1.90 bits per heavy atom. The smallest absolute Gasteiger partial charge is 0.293 e. The second-order valence-corrected chi connectivity index (χ2v) is 6.44. The Labute approximate surface area is 173 Å². The standard InChI is InChI=1S/C22H20N4O4/c1-28-17-8-5-9-18(12-17)29-14-19-10-11-20(30-19)21(27)24-22-23-15-26(25-22)13-16-6-3-2-4-7-16/h2-12,15H,13-14H2,1H3,(H,24,25,27). The Balaban J connectivity index is 1.33. The predicted molar refractivity (Wildman–Crippen MR) is 110 cm³/mol. The number of hydrogen-bond donors (Lipinski definition) is 1. The molecule has 0 aliphatic rings. The maximum absolute atomic E-state index is 12.4. The number of nitrogens with one attached hydrogen (secondary N) is 1. The molecule has 2 heterocycles. The van der Waals surface area contributed by atoms with E-state index in [4.69, 9.17) is 13.9 Å². The number of carbonyl (C=O) groups excluding carboxylic acids is 1. The van der Waals surface area contributed by atoms with Crippen LogP contribution in [0, 0.1) is 0 Å². The van der Waals surface area contributed by atoms with Gasteiger partial charge in [0.15, 0.2) is 5.76 Å². The van der Waals surface area contributed by atoms with Gasteiger partial charge >= 0.3 is 0 Å². The number of amides is 1. The first-order chi connectivity index (χ1) is 14.7. The van der Waals surface area contributed by atoms with Crippen molar-refractivity contribution in [3.63, 3.8) is 0 Å². The molecule has 0 fully saturated rings. The van der Waals surface area contributed by atoms with Gasteiger partial charge in [-0.15, -0.1) is 5.10 Å². The number of anilines is 1. The molecule has 4 aromatic rings. The molecule has 0 unspecified atom stereocenters. The number of carbonyl (C=O) groups is 1. The fraction of sp³-hybridized carbons (Fsp3) is 0.136. The molecule has 0 spiro atoms. The second-order valence-electron chi connectivity index (χ2n) is 6.44. The van der Waals surface area contributed by atoms with Crippen LogP contribution < -0.4 is 14.8 Å². The molecule has 0 aliphatic heterocycles. The summed E-state index contributed by atoms with van der Waals surface area (Å²) in [5, 5.41) is 6.90. The summed E-state index contributed by atoms with van der Waals surface area (Å²) in [7, 11) is 1.59. The van der Waals surface area contributed by atoms with Gasteiger partial charge in [-0.1, -0.05) is 36.4 Å².